The Morgan fingerprint density at radius 1 is 0.700 bits per heavy atom. The average molecular weight is 400 g/mol. The molecule has 0 radical (unpaired) electrons. The Balaban J connectivity index is 1.97. The zero-order valence-corrected chi connectivity index (χ0v) is 19.1. The van der Waals surface area contributed by atoms with Crippen molar-refractivity contribution in [1.29, 1.82) is 0 Å². The lowest BCUT2D eigenvalue weighted by Gasteiger charge is -2.48. The average Bonchev–Trinajstić information content (AvgIpc) is 2.77. The Kier molecular flexibility index (Phi) is 7.85. The molecule has 1 heteroatoms. The third-order valence-electron chi connectivity index (χ3n) is 7.09. The van der Waals surface area contributed by atoms with Gasteiger partial charge in [0, 0.05) is 12.4 Å². The van der Waals surface area contributed by atoms with Gasteiger partial charge >= 0.3 is 0 Å². The summed E-state index contributed by atoms with van der Waals surface area (Å²) in [5.41, 5.74) is 4.49. The minimum absolute atomic E-state index is 0.236. The van der Waals surface area contributed by atoms with Gasteiger partial charge in [-0.25, -0.2) is 0 Å². The topological polar surface area (TPSA) is 12.9 Å². The van der Waals surface area contributed by atoms with Crippen molar-refractivity contribution < 1.29 is 0 Å². The van der Waals surface area contributed by atoms with E-state index in [9.17, 15) is 0 Å². The number of pyridine rings is 1. The molecule has 1 unspecified atom stereocenters. The molecule has 0 aliphatic carbocycles. The summed E-state index contributed by atoms with van der Waals surface area (Å²) in [6.45, 7) is 9.74. The van der Waals surface area contributed by atoms with Gasteiger partial charge in [-0.3, -0.25) is 4.98 Å². The summed E-state index contributed by atoms with van der Waals surface area (Å²) < 4.78 is 0. The van der Waals surface area contributed by atoms with Crippen LogP contribution in [0, 0.1) is 23.2 Å². The summed E-state index contributed by atoms with van der Waals surface area (Å²) in [6, 6.07) is 26.5. The van der Waals surface area contributed by atoms with Crippen LogP contribution >= 0.6 is 0 Å². The molecule has 0 saturated heterocycles. The highest BCUT2D eigenvalue weighted by Crippen LogP contribution is 2.49. The largest absolute Gasteiger partial charge is 0.264 e. The Labute approximate surface area is 183 Å². The molecule has 3 aromatic rings. The predicted octanol–water partition coefficient (Wildman–Crippen LogP) is 7.41. The first-order chi connectivity index (χ1) is 14.5. The van der Waals surface area contributed by atoms with Crippen LogP contribution in [0.3, 0.4) is 0 Å². The van der Waals surface area contributed by atoms with Gasteiger partial charge in [0.15, 0.2) is 0 Å². The van der Waals surface area contributed by atoms with E-state index >= 15 is 0 Å². The smallest absolute Gasteiger partial charge is 0.0299 e. The second-order valence-electron chi connectivity index (χ2n) is 9.37. The summed E-state index contributed by atoms with van der Waals surface area (Å²) in [4.78, 5) is 4.35. The van der Waals surface area contributed by atoms with E-state index in [0.29, 0.717) is 17.8 Å². The van der Waals surface area contributed by atoms with Gasteiger partial charge in [-0.1, -0.05) is 94.4 Å². The van der Waals surface area contributed by atoms with Crippen molar-refractivity contribution in [3.8, 4) is 0 Å². The van der Waals surface area contributed by atoms with E-state index in [2.05, 4.69) is 105 Å². The van der Waals surface area contributed by atoms with Crippen LogP contribution in [-0.4, -0.2) is 4.98 Å². The maximum atomic E-state index is 4.35. The van der Waals surface area contributed by atoms with Crippen molar-refractivity contribution in [2.24, 2.45) is 23.2 Å². The summed E-state index contributed by atoms with van der Waals surface area (Å²) in [7, 11) is 0. The first kappa shape index (κ1) is 22.3. The van der Waals surface area contributed by atoms with Crippen LogP contribution in [0.15, 0.2) is 85.2 Å². The van der Waals surface area contributed by atoms with Crippen molar-refractivity contribution in [2.75, 3.05) is 0 Å². The number of aryl methyl sites for hydroxylation is 1. The number of nitrogens with zero attached hydrogens (tertiary/aromatic N) is 1. The van der Waals surface area contributed by atoms with Crippen molar-refractivity contribution in [2.45, 2.75) is 53.4 Å². The van der Waals surface area contributed by atoms with Gasteiger partial charge in [0.05, 0.1) is 0 Å². The third-order valence-corrected chi connectivity index (χ3v) is 7.09. The number of hydrogen-bond acceptors (Lipinski definition) is 1. The van der Waals surface area contributed by atoms with Gasteiger partial charge in [0.1, 0.15) is 0 Å². The maximum absolute atomic E-state index is 4.35. The molecule has 0 saturated carbocycles. The molecular formula is C29H37N. The molecular weight excluding hydrogens is 362 g/mol. The van der Waals surface area contributed by atoms with Crippen LogP contribution < -0.4 is 0 Å². The van der Waals surface area contributed by atoms with Crippen LogP contribution in [0.1, 0.15) is 50.8 Å². The first-order valence-corrected chi connectivity index (χ1v) is 11.5. The zero-order valence-electron chi connectivity index (χ0n) is 19.1. The van der Waals surface area contributed by atoms with Crippen LogP contribution in [0.25, 0.3) is 0 Å². The van der Waals surface area contributed by atoms with E-state index in [1.165, 1.54) is 23.1 Å². The fraction of sp³-hybridized carbons (Fsp3) is 0.414. The quantitative estimate of drug-likeness (QED) is 0.346. The monoisotopic (exact) mass is 399 g/mol. The Hall–Kier alpha value is -2.41. The van der Waals surface area contributed by atoms with Crippen molar-refractivity contribution in [3.63, 3.8) is 0 Å². The normalized spacial score (nSPS) is 13.0. The van der Waals surface area contributed by atoms with Gasteiger partial charge in [0.25, 0.3) is 0 Å². The molecule has 2 aromatic carbocycles. The molecule has 0 N–H and O–H groups in total. The van der Waals surface area contributed by atoms with Crippen molar-refractivity contribution in [3.05, 3.63) is 102 Å². The second kappa shape index (κ2) is 10.6. The van der Waals surface area contributed by atoms with Crippen LogP contribution in [0.2, 0.25) is 0 Å². The molecule has 1 heterocycles. The number of hydrogen-bond donors (Lipinski definition) is 0. The van der Waals surface area contributed by atoms with Gasteiger partial charge in [0.2, 0.25) is 0 Å². The van der Waals surface area contributed by atoms with Crippen LogP contribution in [0.5, 0.6) is 0 Å². The lowest BCUT2D eigenvalue weighted by molar-refractivity contribution is 0.0255. The van der Waals surface area contributed by atoms with Crippen LogP contribution in [0.4, 0.5) is 0 Å². The van der Waals surface area contributed by atoms with Gasteiger partial charge < -0.3 is 0 Å². The first-order valence-electron chi connectivity index (χ1n) is 11.5. The van der Waals surface area contributed by atoms with Crippen molar-refractivity contribution in [1.82, 2.24) is 4.98 Å². The lowest BCUT2D eigenvalue weighted by atomic mass is 9.56. The van der Waals surface area contributed by atoms with E-state index in [-0.39, 0.29) is 5.41 Å². The summed E-state index contributed by atoms with van der Waals surface area (Å²) in [5, 5.41) is 0. The summed E-state index contributed by atoms with van der Waals surface area (Å²) in [6.07, 6.45) is 8.43. The van der Waals surface area contributed by atoms with Gasteiger partial charge in [-0.15, -0.1) is 0 Å². The highest BCUT2D eigenvalue weighted by atomic mass is 14.6. The van der Waals surface area contributed by atoms with E-state index in [1.807, 2.05) is 12.4 Å². The fourth-order valence-corrected chi connectivity index (χ4v) is 5.46. The van der Waals surface area contributed by atoms with Crippen LogP contribution in [-0.2, 0) is 19.3 Å². The van der Waals surface area contributed by atoms with E-state index in [1.54, 1.807) is 0 Å². The molecule has 1 aromatic heterocycles. The minimum atomic E-state index is 0.236. The maximum Gasteiger partial charge on any atom is 0.0299 e. The molecule has 1 atom stereocenters. The molecule has 0 aliphatic rings. The highest BCUT2D eigenvalue weighted by Gasteiger charge is 2.43. The zero-order chi connectivity index (χ0) is 21.4. The fourth-order valence-electron chi connectivity index (χ4n) is 5.46. The summed E-state index contributed by atoms with van der Waals surface area (Å²) in [5.74, 6) is 1.79. The summed E-state index contributed by atoms with van der Waals surface area (Å²) >= 11 is 0. The third kappa shape index (κ3) is 5.39. The molecule has 0 spiro atoms. The Bertz CT molecular complexity index is 845. The number of benzene rings is 2. The molecule has 0 aliphatic heterocycles. The van der Waals surface area contributed by atoms with E-state index in [0.717, 1.165) is 19.3 Å². The second-order valence-corrected chi connectivity index (χ2v) is 9.37. The predicted molar refractivity (Wildman–Crippen MR) is 128 cm³/mol. The molecule has 158 valence electrons. The number of aromatic nitrogens is 1. The molecule has 1 nitrogen and oxygen atoms in total. The highest BCUT2D eigenvalue weighted by molar-refractivity contribution is 5.21. The molecule has 0 amide bonds. The number of rotatable bonds is 10. The standard InChI is InChI=1S/C29H37N/c1-23(2)29(24(3)4,21-26-14-9-6-10-15-26)28(20-25-12-7-5-8-13-25)18-17-27-16-11-19-30-22-27/h5-16,19,22-24,28H,17-18,20-21H2,1-4H3. The Morgan fingerprint density at radius 3 is 1.80 bits per heavy atom. The van der Waals surface area contributed by atoms with E-state index < -0.39 is 0 Å². The van der Waals surface area contributed by atoms with Gasteiger partial charge in [-0.2, -0.15) is 0 Å². The Morgan fingerprint density at radius 2 is 1.27 bits per heavy atom. The van der Waals surface area contributed by atoms with Crippen molar-refractivity contribution >= 4 is 0 Å². The molecule has 30 heavy (non-hydrogen) atoms. The molecule has 0 fully saturated rings. The lowest BCUT2D eigenvalue weighted by Crippen LogP contribution is -2.44. The minimum Gasteiger partial charge on any atom is -0.264 e. The SMILES string of the molecule is CC(C)C(Cc1ccccc1)(C(C)C)C(CCc1cccnc1)Cc1ccccc1. The molecule has 0 bridgehead atoms. The van der Waals surface area contributed by atoms with E-state index in [4.69, 9.17) is 0 Å². The van der Waals surface area contributed by atoms with Gasteiger partial charge in [-0.05, 0) is 71.6 Å². The molecule has 3 rings (SSSR count).